The second kappa shape index (κ2) is 4.93. The molecule has 20 heavy (non-hydrogen) atoms. The number of aromatic nitrogens is 3. The molecule has 0 bridgehead atoms. The molecule has 0 unspecified atom stereocenters. The van der Waals surface area contributed by atoms with Crippen LogP contribution in [-0.2, 0) is 11.2 Å². The molecule has 0 radical (unpaired) electrons. The highest BCUT2D eigenvalue weighted by Gasteiger charge is 2.15. The van der Waals surface area contributed by atoms with E-state index in [1.807, 2.05) is 29.6 Å². The maximum Gasteiger partial charge on any atom is 0.311 e. The van der Waals surface area contributed by atoms with Crippen LogP contribution in [0.5, 0.6) is 5.75 Å². The number of ether oxygens (including phenoxy) is 1. The van der Waals surface area contributed by atoms with Crippen LogP contribution in [0.15, 0.2) is 29.6 Å². The number of carboxylic acids is 1. The summed E-state index contributed by atoms with van der Waals surface area (Å²) < 4.78 is 6.98. The van der Waals surface area contributed by atoms with Gasteiger partial charge >= 0.3 is 5.97 Å². The first-order valence-corrected chi connectivity index (χ1v) is 6.74. The van der Waals surface area contributed by atoms with E-state index in [1.54, 1.807) is 11.5 Å². The van der Waals surface area contributed by atoms with Gasteiger partial charge in [-0.05, 0) is 12.1 Å². The average molecular weight is 289 g/mol. The lowest BCUT2D eigenvalue weighted by molar-refractivity contribution is -0.136. The van der Waals surface area contributed by atoms with Crippen molar-refractivity contribution in [2.24, 2.45) is 0 Å². The summed E-state index contributed by atoms with van der Waals surface area (Å²) in [6.45, 7) is 0. The Labute approximate surface area is 118 Å². The second-order valence-electron chi connectivity index (χ2n) is 4.16. The van der Waals surface area contributed by atoms with Gasteiger partial charge in [-0.1, -0.05) is 12.1 Å². The van der Waals surface area contributed by atoms with Crippen LogP contribution >= 0.6 is 11.3 Å². The molecule has 7 heteroatoms. The molecule has 1 N–H and O–H groups in total. The van der Waals surface area contributed by atoms with E-state index in [0.29, 0.717) is 10.8 Å². The van der Waals surface area contributed by atoms with Gasteiger partial charge < -0.3 is 9.84 Å². The normalized spacial score (nSPS) is 10.8. The fraction of sp³-hybridized carbons (Fsp3) is 0.154. The first-order chi connectivity index (χ1) is 9.69. The zero-order chi connectivity index (χ0) is 14.1. The molecule has 0 aliphatic heterocycles. The summed E-state index contributed by atoms with van der Waals surface area (Å²) in [6.07, 6.45) is -0.158. The molecule has 0 spiro atoms. The predicted octanol–water partition coefficient (Wildman–Crippen LogP) is 2.09. The SMILES string of the molecule is COc1cccc(-c2csc3nnc(CC(=O)O)n23)c1. The summed E-state index contributed by atoms with van der Waals surface area (Å²) in [7, 11) is 1.61. The van der Waals surface area contributed by atoms with Gasteiger partial charge in [0.15, 0.2) is 0 Å². The fourth-order valence-electron chi connectivity index (χ4n) is 2.01. The summed E-state index contributed by atoms with van der Waals surface area (Å²) in [5.41, 5.74) is 1.80. The van der Waals surface area contributed by atoms with Crippen LogP contribution in [0, 0.1) is 0 Å². The van der Waals surface area contributed by atoms with Crippen LogP contribution in [-0.4, -0.2) is 32.8 Å². The minimum Gasteiger partial charge on any atom is -0.497 e. The van der Waals surface area contributed by atoms with Crippen molar-refractivity contribution in [1.29, 1.82) is 0 Å². The smallest absolute Gasteiger partial charge is 0.311 e. The van der Waals surface area contributed by atoms with Gasteiger partial charge in [-0.3, -0.25) is 9.20 Å². The van der Waals surface area contributed by atoms with Crippen LogP contribution < -0.4 is 4.74 Å². The molecule has 0 atom stereocenters. The van der Waals surface area contributed by atoms with Gasteiger partial charge in [-0.15, -0.1) is 21.5 Å². The molecule has 0 aliphatic rings. The van der Waals surface area contributed by atoms with Crippen LogP contribution in [0.4, 0.5) is 0 Å². The highest BCUT2D eigenvalue weighted by molar-refractivity contribution is 7.15. The van der Waals surface area contributed by atoms with Gasteiger partial charge in [0.05, 0.1) is 12.8 Å². The van der Waals surface area contributed by atoms with E-state index in [-0.39, 0.29) is 6.42 Å². The van der Waals surface area contributed by atoms with E-state index in [9.17, 15) is 4.79 Å². The van der Waals surface area contributed by atoms with Gasteiger partial charge in [0.25, 0.3) is 0 Å². The topological polar surface area (TPSA) is 76.7 Å². The van der Waals surface area contributed by atoms with Crippen LogP contribution in [0.3, 0.4) is 0 Å². The van der Waals surface area contributed by atoms with E-state index in [2.05, 4.69) is 10.2 Å². The zero-order valence-corrected chi connectivity index (χ0v) is 11.4. The maximum atomic E-state index is 10.9. The Kier molecular flexibility index (Phi) is 3.11. The van der Waals surface area contributed by atoms with E-state index in [1.165, 1.54) is 11.3 Å². The highest BCUT2D eigenvalue weighted by Crippen LogP contribution is 2.28. The van der Waals surface area contributed by atoms with Crippen LogP contribution in [0.1, 0.15) is 5.82 Å². The van der Waals surface area contributed by atoms with Crippen LogP contribution in [0.2, 0.25) is 0 Å². The summed E-state index contributed by atoms with van der Waals surface area (Å²) in [5.74, 6) is 0.239. The number of carbonyl (C=O) groups is 1. The molecule has 0 amide bonds. The van der Waals surface area contributed by atoms with Crippen molar-refractivity contribution in [1.82, 2.24) is 14.6 Å². The van der Waals surface area contributed by atoms with Crippen molar-refractivity contribution >= 4 is 22.3 Å². The third kappa shape index (κ3) is 2.12. The van der Waals surface area contributed by atoms with Crippen molar-refractivity contribution < 1.29 is 14.6 Å². The number of methoxy groups -OCH3 is 1. The lowest BCUT2D eigenvalue weighted by Crippen LogP contribution is -2.05. The molecular weight excluding hydrogens is 278 g/mol. The molecule has 2 heterocycles. The molecule has 0 aliphatic carbocycles. The first-order valence-electron chi connectivity index (χ1n) is 5.87. The van der Waals surface area contributed by atoms with E-state index in [0.717, 1.165) is 17.0 Å². The number of hydrogen-bond donors (Lipinski definition) is 1. The van der Waals surface area contributed by atoms with Crippen molar-refractivity contribution in [2.45, 2.75) is 6.42 Å². The van der Waals surface area contributed by atoms with Crippen molar-refractivity contribution in [3.8, 4) is 17.0 Å². The lowest BCUT2D eigenvalue weighted by atomic mass is 10.1. The fourth-order valence-corrected chi connectivity index (χ4v) is 2.86. The molecule has 2 aromatic heterocycles. The van der Waals surface area contributed by atoms with Gasteiger partial charge in [0, 0.05) is 10.9 Å². The number of aliphatic carboxylic acids is 1. The number of rotatable bonds is 4. The molecule has 0 fully saturated rings. The highest BCUT2D eigenvalue weighted by atomic mass is 32.1. The van der Waals surface area contributed by atoms with Crippen molar-refractivity contribution in [3.05, 3.63) is 35.5 Å². The minimum absolute atomic E-state index is 0.158. The van der Waals surface area contributed by atoms with E-state index in [4.69, 9.17) is 9.84 Å². The number of carboxylic acid groups (broad SMARTS) is 1. The molecular formula is C13H11N3O3S. The van der Waals surface area contributed by atoms with Gasteiger partial charge in [-0.2, -0.15) is 0 Å². The van der Waals surface area contributed by atoms with Crippen LogP contribution in [0.25, 0.3) is 16.2 Å². The quantitative estimate of drug-likeness (QED) is 0.796. The first kappa shape index (κ1) is 12.6. The molecule has 1 aromatic carbocycles. The molecule has 102 valence electrons. The lowest BCUT2D eigenvalue weighted by Gasteiger charge is -2.04. The Balaban J connectivity index is 2.15. The van der Waals surface area contributed by atoms with E-state index < -0.39 is 5.97 Å². The van der Waals surface area contributed by atoms with Gasteiger partial charge in [0.2, 0.25) is 4.96 Å². The van der Waals surface area contributed by atoms with Gasteiger partial charge in [0.1, 0.15) is 18.0 Å². The van der Waals surface area contributed by atoms with E-state index >= 15 is 0 Å². The summed E-state index contributed by atoms with van der Waals surface area (Å²) in [5, 5.41) is 18.8. The number of thiazole rings is 1. The third-order valence-electron chi connectivity index (χ3n) is 2.89. The maximum absolute atomic E-state index is 10.9. The molecule has 3 aromatic rings. The Hall–Kier alpha value is -2.41. The second-order valence-corrected chi connectivity index (χ2v) is 4.99. The molecule has 6 nitrogen and oxygen atoms in total. The molecule has 0 saturated carbocycles. The number of benzene rings is 1. The third-order valence-corrected chi connectivity index (χ3v) is 3.71. The monoisotopic (exact) mass is 289 g/mol. The largest absolute Gasteiger partial charge is 0.497 e. The van der Waals surface area contributed by atoms with Crippen molar-refractivity contribution in [3.63, 3.8) is 0 Å². The zero-order valence-electron chi connectivity index (χ0n) is 10.6. The Morgan fingerprint density at radius 2 is 2.30 bits per heavy atom. The van der Waals surface area contributed by atoms with Crippen molar-refractivity contribution in [2.75, 3.05) is 7.11 Å². The van der Waals surface area contributed by atoms with Gasteiger partial charge in [-0.25, -0.2) is 0 Å². The minimum atomic E-state index is -0.929. The Morgan fingerprint density at radius 3 is 3.05 bits per heavy atom. The standard InChI is InChI=1S/C13H11N3O3S/c1-19-9-4-2-3-8(5-9)10-7-20-13-15-14-11(16(10)13)6-12(17)18/h2-5,7H,6H2,1H3,(H,17,18). The molecule has 3 rings (SSSR count). The molecule has 0 saturated heterocycles. The number of nitrogens with zero attached hydrogens (tertiary/aromatic N) is 3. The summed E-state index contributed by atoms with van der Waals surface area (Å²) >= 11 is 1.43. The average Bonchev–Trinajstić information content (AvgIpc) is 3.01. The Morgan fingerprint density at radius 1 is 1.45 bits per heavy atom. The summed E-state index contributed by atoms with van der Waals surface area (Å²) in [6, 6.07) is 7.58. The predicted molar refractivity (Wildman–Crippen MR) is 74.2 cm³/mol. The number of fused-ring (bicyclic) bond motifs is 1. The Bertz CT molecular complexity index is 778. The summed E-state index contributed by atoms with van der Waals surface area (Å²) in [4.78, 5) is 11.6. The number of hydrogen-bond acceptors (Lipinski definition) is 5.